The maximum absolute atomic E-state index is 12.9. The first-order valence-electron chi connectivity index (χ1n) is 13.6. The van der Waals surface area contributed by atoms with Gasteiger partial charge in [-0.25, -0.2) is 0 Å². The van der Waals surface area contributed by atoms with E-state index in [1.807, 2.05) is 60.7 Å². The number of rotatable bonds is 6. The van der Waals surface area contributed by atoms with E-state index in [1.165, 1.54) is 0 Å². The van der Waals surface area contributed by atoms with Crippen LogP contribution in [0.2, 0.25) is 0 Å². The summed E-state index contributed by atoms with van der Waals surface area (Å²) in [5.74, 6) is 1.44. The van der Waals surface area contributed by atoms with E-state index in [1.54, 1.807) is 0 Å². The van der Waals surface area contributed by atoms with E-state index in [2.05, 4.69) is 22.3 Å². The Morgan fingerprint density at radius 3 is 2.56 bits per heavy atom. The van der Waals surface area contributed by atoms with Crippen LogP contribution in [0.4, 0.5) is 5.69 Å². The number of nitrogens with one attached hydrogen (secondary N) is 1. The van der Waals surface area contributed by atoms with E-state index in [0.717, 1.165) is 46.7 Å². The number of anilines is 1. The topological polar surface area (TPSA) is 89.5 Å². The van der Waals surface area contributed by atoms with Crippen molar-refractivity contribution in [1.82, 2.24) is 4.90 Å². The van der Waals surface area contributed by atoms with Crippen LogP contribution in [0.25, 0.3) is 11.1 Å². The highest BCUT2D eigenvalue weighted by Gasteiger charge is 2.38. The summed E-state index contributed by atoms with van der Waals surface area (Å²) >= 11 is 0. The molecule has 2 saturated heterocycles. The zero-order valence-corrected chi connectivity index (χ0v) is 21.8. The summed E-state index contributed by atoms with van der Waals surface area (Å²) in [6, 6.07) is 24.1. The summed E-state index contributed by atoms with van der Waals surface area (Å²) in [6.07, 6.45) is 0.966. The van der Waals surface area contributed by atoms with Gasteiger partial charge in [-0.15, -0.1) is 0 Å². The highest BCUT2D eigenvalue weighted by molar-refractivity contribution is 5.91. The predicted molar refractivity (Wildman–Crippen MR) is 147 cm³/mol. The van der Waals surface area contributed by atoms with E-state index in [4.69, 9.17) is 18.9 Å². The van der Waals surface area contributed by atoms with Gasteiger partial charge in [0.1, 0.15) is 0 Å². The monoisotopic (exact) mass is 530 g/mol. The second kappa shape index (κ2) is 11.8. The third-order valence-corrected chi connectivity index (χ3v) is 7.60. The van der Waals surface area contributed by atoms with Crippen LogP contribution >= 0.6 is 0 Å². The van der Waals surface area contributed by atoms with Crippen LogP contribution in [0.3, 0.4) is 0 Å². The molecule has 0 saturated carbocycles. The quantitative estimate of drug-likeness (QED) is 0.493. The molecule has 3 aliphatic heterocycles. The Morgan fingerprint density at radius 1 is 0.923 bits per heavy atom. The maximum Gasteiger partial charge on any atom is 0.231 e. The summed E-state index contributed by atoms with van der Waals surface area (Å²) < 4.78 is 23.2. The molecule has 0 radical (unpaired) electrons. The average Bonchev–Trinajstić information content (AvgIpc) is 3.41. The molecule has 39 heavy (non-hydrogen) atoms. The number of hydrogen-bond donors (Lipinski definition) is 2. The number of ether oxygens (including phenoxy) is 4. The maximum atomic E-state index is 12.9. The smallest absolute Gasteiger partial charge is 0.231 e. The van der Waals surface area contributed by atoms with Crippen molar-refractivity contribution in [3.05, 3.63) is 78.4 Å². The minimum absolute atomic E-state index is 0.0645. The molecule has 1 amide bonds. The lowest BCUT2D eigenvalue weighted by Gasteiger charge is -2.44. The lowest BCUT2D eigenvalue weighted by Crippen LogP contribution is -2.55. The van der Waals surface area contributed by atoms with E-state index in [9.17, 15) is 9.90 Å². The lowest BCUT2D eigenvalue weighted by atomic mass is 9.94. The van der Waals surface area contributed by atoms with E-state index < -0.39 is 6.10 Å². The normalized spacial score (nSPS) is 24.8. The van der Waals surface area contributed by atoms with Crippen molar-refractivity contribution in [2.24, 2.45) is 0 Å². The summed E-state index contributed by atoms with van der Waals surface area (Å²) in [7, 11) is 0. The third-order valence-electron chi connectivity index (χ3n) is 7.60. The van der Waals surface area contributed by atoms with Gasteiger partial charge < -0.3 is 29.4 Å². The Balaban J connectivity index is 1.06. The second-order valence-electron chi connectivity index (χ2n) is 10.4. The number of hydrogen-bond acceptors (Lipinski definition) is 7. The van der Waals surface area contributed by atoms with Crippen LogP contribution in [0.1, 0.15) is 24.8 Å². The van der Waals surface area contributed by atoms with Crippen molar-refractivity contribution >= 4 is 11.6 Å². The number of amides is 1. The number of β-amino-alcohol motifs (C(OH)–C–C–N with tert-alkyl or cyclic N) is 1. The van der Waals surface area contributed by atoms with Crippen molar-refractivity contribution in [3.63, 3.8) is 0 Å². The summed E-state index contributed by atoms with van der Waals surface area (Å²) in [6.45, 7) is 2.03. The number of fused-ring (bicyclic) bond motifs is 2. The molecule has 2 N–H and O–H groups in total. The SMILES string of the molecule is O=C(C[C@H]1CC[C@H]2[C@@H](COC[C@@H](O)CN2Cc2ccc3c(c2)OCO3)O1)Nc1ccc(-c2ccccc2)cc1. The van der Waals surface area contributed by atoms with Gasteiger partial charge in [0.25, 0.3) is 0 Å². The van der Waals surface area contributed by atoms with Crippen LogP contribution in [0, 0.1) is 0 Å². The standard InChI is InChI=1S/C31H34N2O6/c34-25-17-33(16-21-6-13-28-29(14-21)38-20-37-28)27-12-11-26(39-30(27)19-36-18-25)15-31(35)32-24-9-7-23(8-10-24)22-4-2-1-3-5-22/h1-10,13-14,25-27,30,34H,11-12,15-20H2,(H,32,35)/t25-,26+,27-,30+/m0/s1. The number of carbonyl (C=O) groups is 1. The molecular weight excluding hydrogens is 496 g/mol. The minimum atomic E-state index is -0.572. The Labute approximate surface area is 228 Å². The largest absolute Gasteiger partial charge is 0.454 e. The van der Waals surface area contributed by atoms with Crippen molar-refractivity contribution < 1.29 is 28.8 Å². The minimum Gasteiger partial charge on any atom is -0.454 e. The molecule has 8 heteroatoms. The molecule has 0 bridgehead atoms. The first-order chi connectivity index (χ1) is 19.1. The second-order valence-corrected chi connectivity index (χ2v) is 10.4. The number of carbonyl (C=O) groups excluding carboxylic acids is 1. The van der Waals surface area contributed by atoms with Crippen molar-refractivity contribution in [1.29, 1.82) is 0 Å². The highest BCUT2D eigenvalue weighted by Crippen LogP contribution is 2.34. The molecule has 204 valence electrons. The Bertz CT molecular complexity index is 1270. The summed E-state index contributed by atoms with van der Waals surface area (Å²) in [5.41, 5.74) is 4.11. The summed E-state index contributed by atoms with van der Waals surface area (Å²) in [5, 5.41) is 13.5. The van der Waals surface area contributed by atoms with Crippen LogP contribution in [-0.4, -0.2) is 66.8 Å². The van der Waals surface area contributed by atoms with Crippen molar-refractivity contribution in [3.8, 4) is 22.6 Å². The summed E-state index contributed by atoms with van der Waals surface area (Å²) in [4.78, 5) is 15.1. The van der Waals surface area contributed by atoms with Crippen LogP contribution < -0.4 is 14.8 Å². The van der Waals surface area contributed by atoms with Gasteiger partial charge in [-0.2, -0.15) is 0 Å². The van der Waals surface area contributed by atoms with Crippen LogP contribution in [0.5, 0.6) is 11.5 Å². The molecule has 0 spiro atoms. The fraction of sp³-hybridized carbons (Fsp3) is 0.387. The van der Waals surface area contributed by atoms with Crippen LogP contribution in [-0.2, 0) is 20.8 Å². The fourth-order valence-corrected chi connectivity index (χ4v) is 5.70. The van der Waals surface area contributed by atoms with Crippen molar-refractivity contribution in [2.45, 2.75) is 50.2 Å². The fourth-order valence-electron chi connectivity index (χ4n) is 5.70. The molecule has 2 fully saturated rings. The van der Waals surface area contributed by atoms with Gasteiger partial charge in [0, 0.05) is 24.8 Å². The molecule has 3 aromatic carbocycles. The molecule has 4 atom stereocenters. The van der Waals surface area contributed by atoms with Gasteiger partial charge in [0.05, 0.1) is 37.9 Å². The van der Waals surface area contributed by atoms with Gasteiger partial charge >= 0.3 is 0 Å². The number of aliphatic hydroxyl groups is 1. The predicted octanol–water partition coefficient (Wildman–Crippen LogP) is 4.22. The van der Waals surface area contributed by atoms with Gasteiger partial charge in [0.15, 0.2) is 11.5 Å². The lowest BCUT2D eigenvalue weighted by molar-refractivity contribution is -0.156. The van der Waals surface area contributed by atoms with Gasteiger partial charge in [-0.1, -0.05) is 48.5 Å². The first kappa shape index (κ1) is 25.8. The first-order valence-corrected chi connectivity index (χ1v) is 13.6. The van der Waals surface area contributed by atoms with E-state index in [-0.39, 0.29) is 44.0 Å². The Hall–Kier alpha value is -3.43. The molecule has 3 aromatic rings. The van der Waals surface area contributed by atoms with E-state index in [0.29, 0.717) is 19.7 Å². The van der Waals surface area contributed by atoms with Gasteiger partial charge in [-0.3, -0.25) is 9.69 Å². The van der Waals surface area contributed by atoms with E-state index >= 15 is 0 Å². The molecular formula is C31H34N2O6. The molecule has 6 rings (SSSR count). The number of nitrogens with zero attached hydrogens (tertiary/aromatic N) is 1. The number of benzene rings is 3. The molecule has 8 nitrogen and oxygen atoms in total. The zero-order valence-electron chi connectivity index (χ0n) is 21.8. The molecule has 0 aromatic heterocycles. The molecule has 3 aliphatic rings. The zero-order chi connectivity index (χ0) is 26.6. The van der Waals surface area contributed by atoms with Gasteiger partial charge in [-0.05, 0) is 53.8 Å². The molecule has 0 aliphatic carbocycles. The Morgan fingerprint density at radius 2 is 1.72 bits per heavy atom. The number of aliphatic hydroxyl groups excluding tert-OH is 1. The average molecular weight is 531 g/mol. The highest BCUT2D eigenvalue weighted by atomic mass is 16.7. The van der Waals surface area contributed by atoms with Gasteiger partial charge in [0.2, 0.25) is 12.7 Å². The molecule has 0 unspecified atom stereocenters. The third kappa shape index (κ3) is 6.25. The molecule has 3 heterocycles. The van der Waals surface area contributed by atoms with Crippen molar-refractivity contribution in [2.75, 3.05) is 31.9 Å². The van der Waals surface area contributed by atoms with Crippen LogP contribution in [0.15, 0.2) is 72.8 Å². The Kier molecular flexibility index (Phi) is 7.78.